The number of hydrogen-bond acceptors (Lipinski definition) is 2. The van der Waals surface area contributed by atoms with Crippen LogP contribution in [0.15, 0.2) is 30.6 Å². The summed E-state index contributed by atoms with van der Waals surface area (Å²) in [5.74, 6) is 0. The highest BCUT2D eigenvalue weighted by atomic mass is 35.5. The van der Waals surface area contributed by atoms with Crippen molar-refractivity contribution in [1.29, 1.82) is 0 Å². The molecule has 1 heterocycles. The summed E-state index contributed by atoms with van der Waals surface area (Å²) >= 11 is 6.16. The summed E-state index contributed by atoms with van der Waals surface area (Å²) in [5, 5.41) is 8.75. The van der Waals surface area contributed by atoms with E-state index < -0.39 is 0 Å². The highest BCUT2D eigenvalue weighted by molar-refractivity contribution is 6.30. The van der Waals surface area contributed by atoms with E-state index in [4.69, 9.17) is 11.6 Å². The van der Waals surface area contributed by atoms with Gasteiger partial charge in [0.05, 0.1) is 6.20 Å². The van der Waals surface area contributed by atoms with Crippen LogP contribution >= 0.6 is 11.6 Å². The fourth-order valence-electron chi connectivity index (χ4n) is 2.37. The standard InChI is InChI=1S/C16H20ClN3/c1-2-7-20-11-13(10-19-20)16-8-14(17)4-3-12(16)9-18-15-5-6-15/h3-4,8,10-11,15,18H,2,5-7,9H2,1H3. The quantitative estimate of drug-likeness (QED) is 0.875. The lowest BCUT2D eigenvalue weighted by atomic mass is 10.0. The fraction of sp³-hybridized carbons (Fsp3) is 0.438. The molecule has 3 nitrogen and oxygen atoms in total. The molecule has 0 bridgehead atoms. The van der Waals surface area contributed by atoms with E-state index in [-0.39, 0.29) is 0 Å². The molecule has 4 heteroatoms. The Balaban J connectivity index is 1.86. The van der Waals surface area contributed by atoms with E-state index >= 15 is 0 Å². The van der Waals surface area contributed by atoms with Crippen molar-refractivity contribution >= 4 is 11.6 Å². The molecule has 3 rings (SSSR count). The van der Waals surface area contributed by atoms with E-state index in [1.165, 1.54) is 24.0 Å². The number of nitrogens with one attached hydrogen (secondary N) is 1. The Morgan fingerprint density at radius 1 is 1.40 bits per heavy atom. The van der Waals surface area contributed by atoms with Crippen LogP contribution in [0.4, 0.5) is 0 Å². The van der Waals surface area contributed by atoms with Gasteiger partial charge in [-0.2, -0.15) is 5.10 Å². The molecule has 0 unspecified atom stereocenters. The van der Waals surface area contributed by atoms with Crippen LogP contribution in [-0.4, -0.2) is 15.8 Å². The topological polar surface area (TPSA) is 29.9 Å². The first-order chi connectivity index (χ1) is 9.76. The molecule has 2 aromatic rings. The van der Waals surface area contributed by atoms with Crippen molar-refractivity contribution in [1.82, 2.24) is 15.1 Å². The second kappa shape index (κ2) is 5.98. The smallest absolute Gasteiger partial charge is 0.0568 e. The molecule has 1 fully saturated rings. The molecule has 1 aromatic carbocycles. The predicted molar refractivity (Wildman–Crippen MR) is 82.8 cm³/mol. The van der Waals surface area contributed by atoms with Crippen molar-refractivity contribution in [3.8, 4) is 11.1 Å². The zero-order valence-corrected chi connectivity index (χ0v) is 12.5. The van der Waals surface area contributed by atoms with E-state index in [9.17, 15) is 0 Å². The minimum absolute atomic E-state index is 0.710. The summed E-state index contributed by atoms with van der Waals surface area (Å²) in [6.45, 7) is 4.01. The molecular formula is C16H20ClN3. The summed E-state index contributed by atoms with van der Waals surface area (Å²) in [6.07, 6.45) is 7.74. The van der Waals surface area contributed by atoms with E-state index in [0.717, 1.165) is 30.1 Å². The van der Waals surface area contributed by atoms with E-state index in [1.54, 1.807) is 0 Å². The van der Waals surface area contributed by atoms with Crippen LogP contribution in [0.1, 0.15) is 31.7 Å². The first kappa shape index (κ1) is 13.7. The van der Waals surface area contributed by atoms with Crippen LogP contribution in [-0.2, 0) is 13.1 Å². The molecule has 1 N–H and O–H groups in total. The maximum atomic E-state index is 6.16. The molecule has 0 amide bonds. The number of rotatable bonds is 6. The second-order valence-corrected chi connectivity index (χ2v) is 5.89. The van der Waals surface area contributed by atoms with Crippen molar-refractivity contribution in [2.75, 3.05) is 0 Å². The fourth-order valence-corrected chi connectivity index (χ4v) is 2.54. The number of benzene rings is 1. The average molecular weight is 290 g/mol. The maximum absolute atomic E-state index is 6.16. The van der Waals surface area contributed by atoms with Gasteiger partial charge in [0.15, 0.2) is 0 Å². The van der Waals surface area contributed by atoms with Gasteiger partial charge in [-0.05, 0) is 42.5 Å². The minimum atomic E-state index is 0.710. The van der Waals surface area contributed by atoms with Crippen LogP contribution in [0.3, 0.4) is 0 Å². The molecule has 0 atom stereocenters. The Morgan fingerprint density at radius 2 is 2.25 bits per heavy atom. The maximum Gasteiger partial charge on any atom is 0.0568 e. The third kappa shape index (κ3) is 3.22. The molecule has 0 saturated heterocycles. The SMILES string of the molecule is CCCn1cc(-c2cc(Cl)ccc2CNC2CC2)cn1. The van der Waals surface area contributed by atoms with Gasteiger partial charge in [-0.25, -0.2) is 0 Å². The summed E-state index contributed by atoms with van der Waals surface area (Å²) in [7, 11) is 0. The summed E-state index contributed by atoms with van der Waals surface area (Å²) < 4.78 is 1.99. The van der Waals surface area contributed by atoms with Crippen molar-refractivity contribution in [2.24, 2.45) is 0 Å². The molecule has 1 aliphatic rings. The van der Waals surface area contributed by atoms with Gasteiger partial charge in [0.1, 0.15) is 0 Å². The largest absolute Gasteiger partial charge is 0.310 e. The number of aromatic nitrogens is 2. The van der Waals surface area contributed by atoms with Crippen LogP contribution in [0.2, 0.25) is 5.02 Å². The lowest BCUT2D eigenvalue weighted by molar-refractivity contribution is 0.603. The summed E-state index contributed by atoms with van der Waals surface area (Å²) in [5.41, 5.74) is 3.62. The zero-order chi connectivity index (χ0) is 13.9. The predicted octanol–water partition coefficient (Wildman–Crippen LogP) is 3.87. The van der Waals surface area contributed by atoms with Crippen molar-refractivity contribution in [3.05, 3.63) is 41.2 Å². The van der Waals surface area contributed by atoms with Crippen molar-refractivity contribution in [3.63, 3.8) is 0 Å². The van der Waals surface area contributed by atoms with Gasteiger partial charge < -0.3 is 5.32 Å². The van der Waals surface area contributed by atoms with Crippen molar-refractivity contribution < 1.29 is 0 Å². The Hall–Kier alpha value is -1.32. The molecule has 0 radical (unpaired) electrons. The third-order valence-electron chi connectivity index (χ3n) is 3.63. The molecule has 1 aromatic heterocycles. The number of halogens is 1. The van der Waals surface area contributed by atoms with E-state index in [0.29, 0.717) is 6.04 Å². The Morgan fingerprint density at radius 3 is 3.00 bits per heavy atom. The van der Waals surface area contributed by atoms with Gasteiger partial charge in [-0.1, -0.05) is 24.6 Å². The number of nitrogens with zero attached hydrogens (tertiary/aromatic N) is 2. The van der Waals surface area contributed by atoms with Crippen molar-refractivity contribution in [2.45, 2.75) is 45.3 Å². The van der Waals surface area contributed by atoms with Gasteiger partial charge in [-0.15, -0.1) is 0 Å². The molecule has 0 spiro atoms. The average Bonchev–Trinajstić information content (AvgIpc) is 3.16. The summed E-state index contributed by atoms with van der Waals surface area (Å²) in [4.78, 5) is 0. The number of hydrogen-bond donors (Lipinski definition) is 1. The van der Waals surface area contributed by atoms with Crippen LogP contribution < -0.4 is 5.32 Å². The third-order valence-corrected chi connectivity index (χ3v) is 3.86. The first-order valence-electron chi connectivity index (χ1n) is 7.31. The van der Waals surface area contributed by atoms with Gasteiger partial charge in [0, 0.05) is 35.9 Å². The van der Waals surface area contributed by atoms with Gasteiger partial charge in [0.25, 0.3) is 0 Å². The number of aryl methyl sites for hydroxylation is 1. The van der Waals surface area contributed by atoms with Crippen LogP contribution in [0.5, 0.6) is 0 Å². The highest BCUT2D eigenvalue weighted by Gasteiger charge is 2.20. The van der Waals surface area contributed by atoms with Gasteiger partial charge in [-0.3, -0.25) is 4.68 Å². The second-order valence-electron chi connectivity index (χ2n) is 5.45. The monoisotopic (exact) mass is 289 g/mol. The molecule has 0 aliphatic heterocycles. The zero-order valence-electron chi connectivity index (χ0n) is 11.8. The summed E-state index contributed by atoms with van der Waals surface area (Å²) in [6, 6.07) is 6.83. The Bertz CT molecular complexity index is 587. The molecule has 106 valence electrons. The lowest BCUT2D eigenvalue weighted by Gasteiger charge is -2.09. The van der Waals surface area contributed by atoms with Gasteiger partial charge in [0.2, 0.25) is 0 Å². The van der Waals surface area contributed by atoms with E-state index in [2.05, 4.69) is 29.6 Å². The van der Waals surface area contributed by atoms with Gasteiger partial charge >= 0.3 is 0 Å². The Kier molecular flexibility index (Phi) is 4.08. The lowest BCUT2D eigenvalue weighted by Crippen LogP contribution is -2.15. The molecular weight excluding hydrogens is 270 g/mol. The minimum Gasteiger partial charge on any atom is -0.310 e. The van der Waals surface area contributed by atoms with Crippen LogP contribution in [0.25, 0.3) is 11.1 Å². The normalized spacial score (nSPS) is 14.7. The highest BCUT2D eigenvalue weighted by Crippen LogP contribution is 2.28. The van der Waals surface area contributed by atoms with E-state index in [1.807, 2.05) is 23.0 Å². The molecule has 1 aliphatic carbocycles. The Labute approximate surface area is 124 Å². The van der Waals surface area contributed by atoms with Crippen LogP contribution in [0, 0.1) is 0 Å². The molecule has 20 heavy (non-hydrogen) atoms. The first-order valence-corrected chi connectivity index (χ1v) is 7.68. The molecule has 1 saturated carbocycles.